The van der Waals surface area contributed by atoms with Crippen molar-refractivity contribution in [3.05, 3.63) is 59.1 Å². The molecule has 1 unspecified atom stereocenters. The molecule has 6 nitrogen and oxygen atoms in total. The Morgan fingerprint density at radius 2 is 1.62 bits per heavy atom. The molecule has 0 aliphatic heterocycles. The highest BCUT2D eigenvalue weighted by Crippen LogP contribution is 2.15. The summed E-state index contributed by atoms with van der Waals surface area (Å²) >= 11 is 5.77. The first-order valence-corrected chi connectivity index (χ1v) is 8.58. The normalized spacial score (nSPS) is 11.3. The Morgan fingerprint density at radius 1 is 1.00 bits per heavy atom. The molecule has 0 bridgehead atoms. The summed E-state index contributed by atoms with van der Waals surface area (Å²) < 4.78 is 10.8. The van der Waals surface area contributed by atoms with E-state index in [0.717, 1.165) is 6.42 Å². The van der Waals surface area contributed by atoms with Gasteiger partial charge >= 0.3 is 0 Å². The van der Waals surface area contributed by atoms with E-state index >= 15 is 0 Å². The highest BCUT2D eigenvalue weighted by molar-refractivity contribution is 6.30. The predicted molar refractivity (Wildman–Crippen MR) is 99.1 cm³/mol. The summed E-state index contributed by atoms with van der Waals surface area (Å²) in [5, 5.41) is 0.576. The van der Waals surface area contributed by atoms with Gasteiger partial charge < -0.3 is 9.47 Å². The minimum absolute atomic E-state index is 0.240. The molecule has 0 saturated heterocycles. The number of carbonyl (C=O) groups excluding carboxylic acids is 2. The van der Waals surface area contributed by atoms with Crippen LogP contribution < -0.4 is 20.3 Å². The number of hydrazine groups is 1. The molecule has 0 radical (unpaired) electrons. The van der Waals surface area contributed by atoms with Crippen LogP contribution in [0.1, 0.15) is 19.4 Å². The van der Waals surface area contributed by atoms with Crippen LogP contribution in [0.2, 0.25) is 5.02 Å². The third-order valence-corrected chi connectivity index (χ3v) is 3.77. The first kappa shape index (κ1) is 19.6. The van der Waals surface area contributed by atoms with Gasteiger partial charge in [0.15, 0.2) is 12.7 Å². The van der Waals surface area contributed by atoms with E-state index < -0.39 is 17.9 Å². The second-order valence-electron chi connectivity index (χ2n) is 5.54. The van der Waals surface area contributed by atoms with Crippen molar-refractivity contribution in [1.82, 2.24) is 10.9 Å². The largest absolute Gasteiger partial charge is 0.484 e. The van der Waals surface area contributed by atoms with Crippen LogP contribution in [0.3, 0.4) is 0 Å². The molecule has 0 aliphatic rings. The smallest absolute Gasteiger partial charge is 0.279 e. The second-order valence-corrected chi connectivity index (χ2v) is 5.97. The molecular formula is C19H21ClN2O4. The van der Waals surface area contributed by atoms with Gasteiger partial charge in [0.1, 0.15) is 11.5 Å². The number of carbonyl (C=O) groups is 2. The third-order valence-electron chi connectivity index (χ3n) is 3.52. The van der Waals surface area contributed by atoms with Gasteiger partial charge in [0.25, 0.3) is 11.8 Å². The molecule has 2 aromatic carbocycles. The van der Waals surface area contributed by atoms with Crippen molar-refractivity contribution < 1.29 is 19.1 Å². The van der Waals surface area contributed by atoms with Crippen molar-refractivity contribution in [3.63, 3.8) is 0 Å². The van der Waals surface area contributed by atoms with E-state index in [4.69, 9.17) is 21.1 Å². The van der Waals surface area contributed by atoms with Crippen LogP contribution in [0.25, 0.3) is 0 Å². The Morgan fingerprint density at radius 3 is 2.23 bits per heavy atom. The van der Waals surface area contributed by atoms with Gasteiger partial charge in [0, 0.05) is 5.02 Å². The predicted octanol–water partition coefficient (Wildman–Crippen LogP) is 2.90. The van der Waals surface area contributed by atoms with Crippen molar-refractivity contribution in [3.8, 4) is 11.5 Å². The molecule has 2 rings (SSSR count). The third kappa shape index (κ3) is 6.29. The maximum absolute atomic E-state index is 12.0. The van der Waals surface area contributed by atoms with Crippen LogP contribution in [0.15, 0.2) is 48.5 Å². The summed E-state index contributed by atoms with van der Waals surface area (Å²) in [7, 11) is 0. The van der Waals surface area contributed by atoms with Gasteiger partial charge in [0.2, 0.25) is 0 Å². The quantitative estimate of drug-likeness (QED) is 0.728. The summed E-state index contributed by atoms with van der Waals surface area (Å²) in [6.45, 7) is 3.42. The SMILES string of the molecule is CCc1ccc(OC(C)C(=O)NNC(=O)COc2ccc(Cl)cc2)cc1. The summed E-state index contributed by atoms with van der Waals surface area (Å²) in [4.78, 5) is 23.7. The van der Waals surface area contributed by atoms with Gasteiger partial charge in [0.05, 0.1) is 0 Å². The zero-order chi connectivity index (χ0) is 18.9. The number of amides is 2. The lowest BCUT2D eigenvalue weighted by molar-refractivity contribution is -0.133. The topological polar surface area (TPSA) is 76.7 Å². The lowest BCUT2D eigenvalue weighted by Crippen LogP contribution is -2.48. The first-order chi connectivity index (χ1) is 12.5. The zero-order valence-electron chi connectivity index (χ0n) is 14.6. The molecule has 26 heavy (non-hydrogen) atoms. The summed E-state index contributed by atoms with van der Waals surface area (Å²) in [6, 6.07) is 14.1. The van der Waals surface area contributed by atoms with Crippen LogP contribution in [0, 0.1) is 0 Å². The minimum atomic E-state index is -0.764. The Labute approximate surface area is 157 Å². The number of nitrogens with one attached hydrogen (secondary N) is 2. The standard InChI is InChI=1S/C19H21ClN2O4/c1-3-14-4-8-17(9-5-14)26-13(2)19(24)22-21-18(23)12-25-16-10-6-15(20)7-11-16/h4-11,13H,3,12H2,1-2H3,(H,21,23)(H,22,24). The molecule has 2 amide bonds. The Balaban J connectivity index is 1.72. The average molecular weight is 377 g/mol. The fourth-order valence-corrected chi connectivity index (χ4v) is 2.14. The van der Waals surface area contributed by atoms with Crippen LogP contribution >= 0.6 is 11.6 Å². The number of hydrogen-bond donors (Lipinski definition) is 2. The number of hydrogen-bond acceptors (Lipinski definition) is 4. The molecule has 7 heteroatoms. The molecule has 0 heterocycles. The fourth-order valence-electron chi connectivity index (χ4n) is 2.01. The first-order valence-electron chi connectivity index (χ1n) is 8.20. The number of benzene rings is 2. The van der Waals surface area contributed by atoms with E-state index in [1.54, 1.807) is 43.3 Å². The monoisotopic (exact) mass is 376 g/mol. The Kier molecular flexibility index (Phi) is 7.29. The minimum Gasteiger partial charge on any atom is -0.484 e. The van der Waals surface area contributed by atoms with E-state index in [-0.39, 0.29) is 6.61 Å². The van der Waals surface area contributed by atoms with E-state index in [1.165, 1.54) is 5.56 Å². The molecular weight excluding hydrogens is 356 g/mol. The molecule has 2 aromatic rings. The van der Waals surface area contributed by atoms with Gasteiger partial charge in [-0.2, -0.15) is 0 Å². The number of aryl methyl sites for hydroxylation is 1. The summed E-state index contributed by atoms with van der Waals surface area (Å²) in [5.41, 5.74) is 5.77. The molecule has 0 spiro atoms. The summed E-state index contributed by atoms with van der Waals surface area (Å²) in [5.74, 6) is 0.127. The van der Waals surface area contributed by atoms with Crippen LogP contribution in [-0.4, -0.2) is 24.5 Å². The van der Waals surface area contributed by atoms with Crippen LogP contribution in [0.4, 0.5) is 0 Å². The second kappa shape index (κ2) is 9.68. The van der Waals surface area contributed by atoms with E-state index in [0.29, 0.717) is 16.5 Å². The molecule has 138 valence electrons. The van der Waals surface area contributed by atoms with E-state index in [1.807, 2.05) is 12.1 Å². The molecule has 0 aromatic heterocycles. The molecule has 1 atom stereocenters. The highest BCUT2D eigenvalue weighted by Gasteiger charge is 2.15. The van der Waals surface area contributed by atoms with Gasteiger partial charge in [-0.15, -0.1) is 0 Å². The van der Waals surface area contributed by atoms with Crippen molar-refractivity contribution >= 4 is 23.4 Å². The lowest BCUT2D eigenvalue weighted by atomic mass is 10.2. The molecule has 0 fully saturated rings. The van der Waals surface area contributed by atoms with Crippen molar-refractivity contribution in [2.24, 2.45) is 0 Å². The van der Waals surface area contributed by atoms with Gasteiger partial charge in [-0.25, -0.2) is 0 Å². The zero-order valence-corrected chi connectivity index (χ0v) is 15.4. The summed E-state index contributed by atoms with van der Waals surface area (Å²) in [6.07, 6.45) is 0.167. The molecule has 0 aliphatic carbocycles. The number of ether oxygens (including phenoxy) is 2. The maximum Gasteiger partial charge on any atom is 0.279 e. The Bertz CT molecular complexity index is 732. The maximum atomic E-state index is 12.0. The lowest BCUT2D eigenvalue weighted by Gasteiger charge is -2.15. The number of rotatable bonds is 7. The Hall–Kier alpha value is -2.73. The van der Waals surface area contributed by atoms with Crippen LogP contribution in [0.5, 0.6) is 11.5 Å². The van der Waals surface area contributed by atoms with Crippen molar-refractivity contribution in [2.75, 3.05) is 6.61 Å². The molecule has 2 N–H and O–H groups in total. The number of halogens is 1. The van der Waals surface area contributed by atoms with Gasteiger partial charge in [-0.1, -0.05) is 30.7 Å². The van der Waals surface area contributed by atoms with Crippen molar-refractivity contribution in [2.45, 2.75) is 26.4 Å². The van der Waals surface area contributed by atoms with Gasteiger partial charge in [-0.3, -0.25) is 20.4 Å². The van der Waals surface area contributed by atoms with Crippen LogP contribution in [-0.2, 0) is 16.0 Å². The fraction of sp³-hybridized carbons (Fsp3) is 0.263. The van der Waals surface area contributed by atoms with Gasteiger partial charge in [-0.05, 0) is 55.3 Å². The average Bonchev–Trinajstić information content (AvgIpc) is 2.66. The van der Waals surface area contributed by atoms with E-state index in [2.05, 4.69) is 17.8 Å². The molecule has 0 saturated carbocycles. The van der Waals surface area contributed by atoms with Crippen molar-refractivity contribution in [1.29, 1.82) is 0 Å². The highest BCUT2D eigenvalue weighted by atomic mass is 35.5. The van der Waals surface area contributed by atoms with E-state index in [9.17, 15) is 9.59 Å².